The van der Waals surface area contributed by atoms with E-state index >= 15 is 0 Å². The van der Waals surface area contributed by atoms with Crippen molar-refractivity contribution in [2.75, 3.05) is 6.54 Å². The molecule has 0 bridgehead atoms. The van der Waals surface area contributed by atoms with Crippen LogP contribution in [-0.4, -0.2) is 32.0 Å². The second-order valence-electron chi connectivity index (χ2n) is 6.09. The summed E-state index contributed by atoms with van der Waals surface area (Å²) in [5.74, 6) is 0.806. The number of urea groups is 1. The maximum atomic E-state index is 12.4. The molecule has 2 amide bonds. The van der Waals surface area contributed by atoms with Crippen molar-refractivity contribution >= 4 is 6.03 Å². The van der Waals surface area contributed by atoms with Gasteiger partial charge in [-0.1, -0.05) is 30.3 Å². The number of carbonyl (C=O) groups excluding carboxylic acids is 1. The van der Waals surface area contributed by atoms with Crippen LogP contribution < -0.4 is 5.32 Å². The highest BCUT2D eigenvalue weighted by atomic mass is 16.2. The van der Waals surface area contributed by atoms with Crippen molar-refractivity contribution < 1.29 is 4.79 Å². The molecule has 0 saturated carbocycles. The molecule has 0 radical (unpaired) electrons. The first-order valence-corrected chi connectivity index (χ1v) is 8.32. The van der Waals surface area contributed by atoms with Crippen molar-refractivity contribution in [2.45, 2.75) is 19.5 Å². The number of fused-ring (bicyclic) bond motifs is 1. The van der Waals surface area contributed by atoms with E-state index in [9.17, 15) is 4.79 Å². The fourth-order valence-corrected chi connectivity index (χ4v) is 3.03. The average molecular weight is 333 g/mol. The Morgan fingerprint density at radius 2 is 2.04 bits per heavy atom. The predicted molar refractivity (Wildman–Crippen MR) is 94.2 cm³/mol. The van der Waals surface area contributed by atoms with Gasteiger partial charge in [0, 0.05) is 38.2 Å². The molecule has 0 unspecified atom stereocenters. The second kappa shape index (κ2) is 6.76. The van der Waals surface area contributed by atoms with Crippen LogP contribution in [0.2, 0.25) is 0 Å². The Labute approximate surface area is 146 Å². The number of nitrogens with one attached hydrogen (secondary N) is 1. The smallest absolute Gasteiger partial charge is 0.317 e. The third-order valence-electron chi connectivity index (χ3n) is 4.44. The zero-order valence-corrected chi connectivity index (χ0v) is 13.8. The third kappa shape index (κ3) is 3.38. The molecule has 25 heavy (non-hydrogen) atoms. The Morgan fingerprint density at radius 3 is 2.80 bits per heavy atom. The minimum Gasteiger partial charge on any atom is -0.334 e. The first kappa shape index (κ1) is 15.4. The van der Waals surface area contributed by atoms with E-state index in [1.165, 1.54) is 11.1 Å². The fraction of sp³-hybridized carbons (Fsp3) is 0.211. The van der Waals surface area contributed by atoms with E-state index in [4.69, 9.17) is 0 Å². The predicted octanol–water partition coefficient (Wildman–Crippen LogP) is 2.54. The maximum Gasteiger partial charge on any atom is 0.317 e. The Hall–Kier alpha value is -3.15. The molecular formula is C19H19N5O. The molecule has 0 aliphatic carbocycles. The molecule has 1 aliphatic rings. The van der Waals surface area contributed by atoms with Crippen molar-refractivity contribution in [1.29, 1.82) is 0 Å². The number of pyridine rings is 1. The van der Waals surface area contributed by atoms with Crippen LogP contribution in [0.3, 0.4) is 0 Å². The lowest BCUT2D eigenvalue weighted by Gasteiger charge is -2.29. The summed E-state index contributed by atoms with van der Waals surface area (Å²) in [4.78, 5) is 22.7. The number of imidazole rings is 1. The summed E-state index contributed by atoms with van der Waals surface area (Å²) in [5.41, 5.74) is 3.54. The molecule has 1 N–H and O–H groups in total. The number of rotatable bonds is 3. The number of carbonyl (C=O) groups is 1. The van der Waals surface area contributed by atoms with E-state index in [2.05, 4.69) is 33.5 Å². The molecule has 1 aromatic carbocycles. The van der Waals surface area contributed by atoms with Gasteiger partial charge in [-0.15, -0.1) is 0 Å². The summed E-state index contributed by atoms with van der Waals surface area (Å²) in [6, 6.07) is 12.1. The van der Waals surface area contributed by atoms with Crippen LogP contribution in [0.4, 0.5) is 4.79 Å². The Kier molecular flexibility index (Phi) is 4.16. The van der Waals surface area contributed by atoms with Crippen LogP contribution in [0, 0.1) is 0 Å². The zero-order chi connectivity index (χ0) is 17.1. The van der Waals surface area contributed by atoms with E-state index in [1.807, 2.05) is 33.9 Å². The van der Waals surface area contributed by atoms with E-state index < -0.39 is 0 Å². The molecule has 3 heterocycles. The standard InChI is InChI=1S/C19H19N5O/c25-19(23-9-7-16-3-1-2-4-17(16)13-23)22-12-15-5-6-18(21-11-15)24-10-8-20-14-24/h1-6,8,10-11,14H,7,9,12-13H2,(H,22,25). The lowest BCUT2D eigenvalue weighted by Crippen LogP contribution is -2.42. The van der Waals surface area contributed by atoms with Gasteiger partial charge < -0.3 is 10.2 Å². The van der Waals surface area contributed by atoms with Gasteiger partial charge >= 0.3 is 6.03 Å². The molecule has 6 heteroatoms. The molecular weight excluding hydrogens is 314 g/mol. The van der Waals surface area contributed by atoms with Gasteiger partial charge in [-0.3, -0.25) is 4.57 Å². The molecule has 0 spiro atoms. The van der Waals surface area contributed by atoms with Gasteiger partial charge in [-0.2, -0.15) is 0 Å². The molecule has 126 valence electrons. The van der Waals surface area contributed by atoms with E-state index in [1.54, 1.807) is 18.7 Å². The van der Waals surface area contributed by atoms with Crippen LogP contribution in [0.15, 0.2) is 61.3 Å². The lowest BCUT2D eigenvalue weighted by molar-refractivity contribution is 0.192. The summed E-state index contributed by atoms with van der Waals surface area (Å²) in [7, 11) is 0. The second-order valence-corrected chi connectivity index (χ2v) is 6.09. The van der Waals surface area contributed by atoms with Crippen LogP contribution >= 0.6 is 0 Å². The number of amides is 2. The molecule has 3 aromatic rings. The van der Waals surface area contributed by atoms with Crippen LogP contribution in [0.1, 0.15) is 16.7 Å². The van der Waals surface area contributed by atoms with Gasteiger partial charge in [0.2, 0.25) is 0 Å². The van der Waals surface area contributed by atoms with Crippen molar-refractivity contribution in [2.24, 2.45) is 0 Å². The molecule has 4 rings (SSSR count). The number of hydrogen-bond acceptors (Lipinski definition) is 3. The van der Waals surface area contributed by atoms with Gasteiger partial charge in [-0.05, 0) is 29.2 Å². The van der Waals surface area contributed by atoms with Gasteiger partial charge in [0.05, 0.1) is 0 Å². The minimum absolute atomic E-state index is 0.0341. The van der Waals surface area contributed by atoms with Crippen molar-refractivity contribution in [3.63, 3.8) is 0 Å². The van der Waals surface area contributed by atoms with Crippen LogP contribution in [0.25, 0.3) is 5.82 Å². The molecule has 6 nitrogen and oxygen atoms in total. The number of hydrogen-bond donors (Lipinski definition) is 1. The highest BCUT2D eigenvalue weighted by molar-refractivity contribution is 5.74. The topological polar surface area (TPSA) is 63.1 Å². The Morgan fingerprint density at radius 1 is 1.16 bits per heavy atom. The first-order valence-electron chi connectivity index (χ1n) is 8.32. The maximum absolute atomic E-state index is 12.4. The average Bonchev–Trinajstić information content (AvgIpc) is 3.21. The molecule has 2 aromatic heterocycles. The van der Waals surface area contributed by atoms with Crippen molar-refractivity contribution in [1.82, 2.24) is 24.8 Å². The SMILES string of the molecule is O=C(NCc1ccc(-n2ccnc2)nc1)N1CCc2ccccc2C1. The summed E-state index contributed by atoms with van der Waals surface area (Å²) in [5, 5.41) is 2.98. The van der Waals surface area contributed by atoms with Gasteiger partial charge in [0.1, 0.15) is 12.1 Å². The molecule has 1 aliphatic heterocycles. The van der Waals surface area contributed by atoms with Gasteiger partial charge in [0.25, 0.3) is 0 Å². The Bertz CT molecular complexity index is 858. The molecule has 0 atom stereocenters. The van der Waals surface area contributed by atoms with Gasteiger partial charge in [0.15, 0.2) is 0 Å². The summed E-state index contributed by atoms with van der Waals surface area (Å²) in [6.45, 7) is 1.88. The fourth-order valence-electron chi connectivity index (χ4n) is 3.03. The summed E-state index contributed by atoms with van der Waals surface area (Å²) in [6.07, 6.45) is 7.95. The molecule has 0 saturated heterocycles. The molecule has 0 fully saturated rings. The highest BCUT2D eigenvalue weighted by Crippen LogP contribution is 2.18. The zero-order valence-electron chi connectivity index (χ0n) is 13.8. The monoisotopic (exact) mass is 333 g/mol. The van der Waals surface area contributed by atoms with Gasteiger partial charge in [-0.25, -0.2) is 14.8 Å². The Balaban J connectivity index is 1.35. The lowest BCUT2D eigenvalue weighted by atomic mass is 10.0. The first-order chi connectivity index (χ1) is 12.3. The van der Waals surface area contributed by atoms with Crippen molar-refractivity contribution in [3.8, 4) is 5.82 Å². The van der Waals surface area contributed by atoms with E-state index in [-0.39, 0.29) is 6.03 Å². The summed E-state index contributed by atoms with van der Waals surface area (Å²) >= 11 is 0. The number of aromatic nitrogens is 3. The minimum atomic E-state index is -0.0341. The quantitative estimate of drug-likeness (QED) is 0.801. The van der Waals surface area contributed by atoms with E-state index in [0.717, 1.165) is 24.3 Å². The number of benzene rings is 1. The van der Waals surface area contributed by atoms with Crippen LogP contribution in [0.5, 0.6) is 0 Å². The largest absolute Gasteiger partial charge is 0.334 e. The van der Waals surface area contributed by atoms with E-state index in [0.29, 0.717) is 13.1 Å². The van der Waals surface area contributed by atoms with Crippen LogP contribution in [-0.2, 0) is 19.5 Å². The normalized spacial score (nSPS) is 13.4. The highest BCUT2D eigenvalue weighted by Gasteiger charge is 2.19. The summed E-state index contributed by atoms with van der Waals surface area (Å²) < 4.78 is 1.84. The number of nitrogens with zero attached hydrogens (tertiary/aromatic N) is 4. The third-order valence-corrected chi connectivity index (χ3v) is 4.44. The van der Waals surface area contributed by atoms with Crippen molar-refractivity contribution in [3.05, 3.63) is 78.0 Å².